The number of anilines is 1. The van der Waals surface area contributed by atoms with Crippen molar-refractivity contribution in [1.82, 2.24) is 24.2 Å². The number of nitrogens with zero attached hydrogens (tertiary/aromatic N) is 5. The number of hydrogen-bond acceptors (Lipinski definition) is 5. The van der Waals surface area contributed by atoms with Gasteiger partial charge in [-0.25, -0.2) is 9.37 Å². The first kappa shape index (κ1) is 19.1. The summed E-state index contributed by atoms with van der Waals surface area (Å²) in [5.74, 6) is 0.421. The zero-order valence-corrected chi connectivity index (χ0v) is 16.1. The number of piperazine rings is 1. The molecule has 8 heteroatoms. The molecule has 0 radical (unpaired) electrons. The Bertz CT molecular complexity index is 1010. The van der Waals surface area contributed by atoms with Crippen LogP contribution in [0.4, 0.5) is 10.2 Å². The van der Waals surface area contributed by atoms with Gasteiger partial charge in [-0.2, -0.15) is 0 Å². The molecule has 0 spiro atoms. The normalized spacial score (nSPS) is 14.9. The van der Waals surface area contributed by atoms with Crippen molar-refractivity contribution in [3.63, 3.8) is 0 Å². The average Bonchev–Trinajstić information content (AvgIpc) is 3.12. The van der Waals surface area contributed by atoms with Crippen LogP contribution in [0.3, 0.4) is 0 Å². The zero-order chi connectivity index (χ0) is 20.2. The van der Waals surface area contributed by atoms with Crippen LogP contribution in [0.5, 0.6) is 0 Å². The van der Waals surface area contributed by atoms with E-state index < -0.39 is 0 Å². The molecule has 1 amide bonds. The Hall–Kier alpha value is -3.26. The molecule has 1 saturated heterocycles. The molecule has 4 rings (SSSR count). The third-order valence-electron chi connectivity index (χ3n) is 5.07. The van der Waals surface area contributed by atoms with Crippen molar-refractivity contribution in [2.75, 3.05) is 44.6 Å². The summed E-state index contributed by atoms with van der Waals surface area (Å²) in [4.78, 5) is 25.6. The predicted molar refractivity (Wildman–Crippen MR) is 110 cm³/mol. The fourth-order valence-corrected chi connectivity index (χ4v) is 3.52. The minimum atomic E-state index is -0.306. The molecule has 2 aromatic heterocycles. The number of carbonyl (C=O) groups excluding carboxylic acids is 1. The van der Waals surface area contributed by atoms with E-state index in [-0.39, 0.29) is 18.3 Å². The third-order valence-corrected chi connectivity index (χ3v) is 5.07. The second-order valence-corrected chi connectivity index (χ2v) is 6.94. The maximum atomic E-state index is 13.3. The number of benzene rings is 1. The number of hydrogen-bond donors (Lipinski definition) is 1. The lowest BCUT2D eigenvalue weighted by Crippen LogP contribution is -2.50. The Morgan fingerprint density at radius 2 is 1.97 bits per heavy atom. The van der Waals surface area contributed by atoms with E-state index in [1.165, 1.54) is 12.1 Å². The highest BCUT2D eigenvalue weighted by molar-refractivity contribution is 5.83. The number of amides is 1. The van der Waals surface area contributed by atoms with E-state index in [0.717, 1.165) is 25.2 Å². The molecule has 3 heterocycles. The maximum absolute atomic E-state index is 13.3. The molecule has 1 aliphatic heterocycles. The van der Waals surface area contributed by atoms with Crippen LogP contribution in [0, 0.1) is 5.82 Å². The summed E-state index contributed by atoms with van der Waals surface area (Å²) in [5.41, 5.74) is 2.07. The Balaban J connectivity index is 1.51. The second kappa shape index (κ2) is 8.40. The van der Waals surface area contributed by atoms with Crippen LogP contribution in [0.25, 0.3) is 16.9 Å². The molecule has 0 bridgehead atoms. The van der Waals surface area contributed by atoms with Gasteiger partial charge in [0.1, 0.15) is 17.3 Å². The number of imidazole rings is 1. The molecular formula is C21H23FN6O. The molecule has 0 atom stereocenters. The molecule has 0 unspecified atom stereocenters. The molecule has 1 N–H and O–H groups in total. The Kier molecular flexibility index (Phi) is 5.53. The third kappa shape index (κ3) is 4.12. The summed E-state index contributed by atoms with van der Waals surface area (Å²) in [7, 11) is 0. The van der Waals surface area contributed by atoms with Gasteiger partial charge in [-0.05, 0) is 24.3 Å². The molecule has 1 aromatic carbocycles. The number of carbonyl (C=O) groups is 1. The van der Waals surface area contributed by atoms with Crippen molar-refractivity contribution in [3.05, 3.63) is 61.3 Å². The zero-order valence-electron chi connectivity index (χ0n) is 16.1. The lowest BCUT2D eigenvalue weighted by atomic mass is 10.1. The molecule has 29 heavy (non-hydrogen) atoms. The number of aromatic nitrogens is 3. The smallest absolute Gasteiger partial charge is 0.242 e. The summed E-state index contributed by atoms with van der Waals surface area (Å²) < 4.78 is 15.2. The van der Waals surface area contributed by atoms with E-state index in [4.69, 9.17) is 0 Å². The number of fused-ring (bicyclic) bond motifs is 1. The first-order valence-corrected chi connectivity index (χ1v) is 9.58. The summed E-state index contributed by atoms with van der Waals surface area (Å²) in [6.45, 7) is 7.87. The standard InChI is InChI=1S/C21H23FN6O/c1-2-8-26-10-12-27(13-11-26)19(29)15-24-21-20(16-3-5-17(22)6-4-16)25-18-14-23-7-9-28(18)21/h2-7,9,14,24H,1,8,10-13,15H2. The van der Waals surface area contributed by atoms with Gasteiger partial charge in [-0.1, -0.05) is 6.08 Å². The van der Waals surface area contributed by atoms with Gasteiger partial charge in [0, 0.05) is 50.7 Å². The molecule has 7 nitrogen and oxygen atoms in total. The topological polar surface area (TPSA) is 65.8 Å². The van der Waals surface area contributed by atoms with Crippen LogP contribution in [0.2, 0.25) is 0 Å². The van der Waals surface area contributed by atoms with Gasteiger partial charge in [-0.15, -0.1) is 6.58 Å². The van der Waals surface area contributed by atoms with Crippen LogP contribution in [-0.2, 0) is 4.79 Å². The maximum Gasteiger partial charge on any atom is 0.242 e. The monoisotopic (exact) mass is 394 g/mol. The van der Waals surface area contributed by atoms with Crippen LogP contribution in [0.15, 0.2) is 55.5 Å². The van der Waals surface area contributed by atoms with Gasteiger partial charge in [0.2, 0.25) is 5.91 Å². The Morgan fingerprint density at radius 3 is 2.69 bits per heavy atom. The SMILES string of the molecule is C=CCN1CCN(C(=O)CNc2c(-c3ccc(F)cc3)nc3cnccn23)CC1. The second-order valence-electron chi connectivity index (χ2n) is 6.94. The molecular weight excluding hydrogens is 371 g/mol. The van der Waals surface area contributed by atoms with Crippen LogP contribution in [-0.4, -0.2) is 69.3 Å². The molecule has 0 aliphatic carbocycles. The Labute approximate surface area is 168 Å². The fourth-order valence-electron chi connectivity index (χ4n) is 3.52. The largest absolute Gasteiger partial charge is 0.360 e. The first-order valence-electron chi connectivity index (χ1n) is 9.58. The van der Waals surface area contributed by atoms with Gasteiger partial charge in [0.05, 0.1) is 12.7 Å². The summed E-state index contributed by atoms with van der Waals surface area (Å²) >= 11 is 0. The van der Waals surface area contributed by atoms with Crippen molar-refractivity contribution < 1.29 is 9.18 Å². The molecule has 3 aromatic rings. The molecule has 0 saturated carbocycles. The van der Waals surface area contributed by atoms with Gasteiger partial charge in [0.25, 0.3) is 0 Å². The van der Waals surface area contributed by atoms with E-state index in [1.54, 1.807) is 30.7 Å². The van der Waals surface area contributed by atoms with E-state index in [0.29, 0.717) is 30.2 Å². The lowest BCUT2D eigenvalue weighted by molar-refractivity contribution is -0.130. The van der Waals surface area contributed by atoms with E-state index >= 15 is 0 Å². The number of nitrogens with one attached hydrogen (secondary N) is 1. The highest BCUT2D eigenvalue weighted by atomic mass is 19.1. The van der Waals surface area contributed by atoms with E-state index in [9.17, 15) is 9.18 Å². The van der Waals surface area contributed by atoms with Crippen LogP contribution < -0.4 is 5.32 Å². The van der Waals surface area contributed by atoms with Crippen molar-refractivity contribution in [2.45, 2.75) is 0 Å². The molecule has 1 fully saturated rings. The summed E-state index contributed by atoms with van der Waals surface area (Å²) in [5, 5.41) is 3.24. The van der Waals surface area contributed by atoms with Crippen molar-refractivity contribution in [1.29, 1.82) is 0 Å². The van der Waals surface area contributed by atoms with E-state index in [2.05, 4.69) is 26.8 Å². The minimum absolute atomic E-state index is 0.0392. The van der Waals surface area contributed by atoms with Crippen molar-refractivity contribution >= 4 is 17.4 Å². The Morgan fingerprint density at radius 1 is 1.21 bits per heavy atom. The fraction of sp³-hybridized carbons (Fsp3) is 0.286. The van der Waals surface area contributed by atoms with Crippen molar-refractivity contribution in [3.8, 4) is 11.3 Å². The highest BCUT2D eigenvalue weighted by Gasteiger charge is 2.21. The van der Waals surface area contributed by atoms with Gasteiger partial charge in [0.15, 0.2) is 5.65 Å². The van der Waals surface area contributed by atoms with Crippen LogP contribution in [0.1, 0.15) is 0 Å². The highest BCUT2D eigenvalue weighted by Crippen LogP contribution is 2.28. The van der Waals surface area contributed by atoms with E-state index in [1.807, 2.05) is 15.4 Å². The average molecular weight is 394 g/mol. The van der Waals surface area contributed by atoms with Crippen molar-refractivity contribution in [2.24, 2.45) is 0 Å². The van der Waals surface area contributed by atoms with Gasteiger partial charge >= 0.3 is 0 Å². The molecule has 150 valence electrons. The van der Waals surface area contributed by atoms with Gasteiger partial charge < -0.3 is 10.2 Å². The first-order chi connectivity index (χ1) is 14.2. The quantitative estimate of drug-likeness (QED) is 0.650. The summed E-state index contributed by atoms with van der Waals surface area (Å²) in [6.07, 6.45) is 6.99. The van der Waals surface area contributed by atoms with Crippen LogP contribution >= 0.6 is 0 Å². The summed E-state index contributed by atoms with van der Waals surface area (Å²) in [6, 6.07) is 6.15. The lowest BCUT2D eigenvalue weighted by Gasteiger charge is -2.34. The minimum Gasteiger partial charge on any atom is -0.360 e. The molecule has 1 aliphatic rings. The predicted octanol–water partition coefficient (Wildman–Crippen LogP) is 2.28. The number of halogens is 1. The number of rotatable bonds is 6. The van der Waals surface area contributed by atoms with Gasteiger partial charge in [-0.3, -0.25) is 19.1 Å².